The molecule has 0 aromatic heterocycles. The van der Waals surface area contributed by atoms with Crippen molar-refractivity contribution in [1.82, 2.24) is 5.32 Å². The number of hydrogen-bond donors (Lipinski definition) is 1. The lowest BCUT2D eigenvalue weighted by atomic mass is 10.1. The first-order valence-corrected chi connectivity index (χ1v) is 17.0. The van der Waals surface area contributed by atoms with Gasteiger partial charge in [-0.25, -0.2) is 0 Å². The van der Waals surface area contributed by atoms with Gasteiger partial charge in [-0.2, -0.15) is 0 Å². The predicted octanol–water partition coefficient (Wildman–Crippen LogP) is 6.74. The SMILES string of the molecule is CC(C)(C)[Si](C)(C)OC[C@H]1N[C@@H](COCc2ccccc2)[C@@H](OCc2ccccc2)[C@@H]1OCc1ccccc1. The van der Waals surface area contributed by atoms with Crippen molar-refractivity contribution in [3.63, 3.8) is 0 Å². The van der Waals surface area contributed by atoms with Crippen LogP contribution in [0.2, 0.25) is 18.1 Å². The number of benzene rings is 3. The topological polar surface area (TPSA) is 49.0 Å². The molecule has 1 aliphatic heterocycles. The molecule has 0 spiro atoms. The molecule has 0 aliphatic carbocycles. The third-order valence-electron chi connectivity index (χ3n) is 7.95. The lowest BCUT2D eigenvalue weighted by Crippen LogP contribution is -2.47. The van der Waals surface area contributed by atoms with E-state index in [1.165, 1.54) is 0 Å². The van der Waals surface area contributed by atoms with Gasteiger partial charge in [0, 0.05) is 0 Å². The summed E-state index contributed by atoms with van der Waals surface area (Å²) in [5.41, 5.74) is 3.45. The summed E-state index contributed by atoms with van der Waals surface area (Å²) in [6.07, 6.45) is -0.360. The lowest BCUT2D eigenvalue weighted by Gasteiger charge is -2.37. The molecule has 5 nitrogen and oxygen atoms in total. The maximum Gasteiger partial charge on any atom is 0.192 e. The van der Waals surface area contributed by atoms with Crippen LogP contribution in [0, 0.1) is 0 Å². The summed E-state index contributed by atoms with van der Waals surface area (Å²) in [6, 6.07) is 30.9. The summed E-state index contributed by atoms with van der Waals surface area (Å²) in [7, 11) is -1.94. The van der Waals surface area contributed by atoms with Crippen LogP contribution in [-0.4, -0.2) is 45.8 Å². The van der Waals surface area contributed by atoms with Gasteiger partial charge in [0.2, 0.25) is 0 Å². The molecule has 1 heterocycles. The highest BCUT2D eigenvalue weighted by atomic mass is 28.4. The molecule has 3 aromatic rings. The molecule has 1 aliphatic rings. The van der Waals surface area contributed by atoms with Gasteiger partial charge in [-0.05, 0) is 34.8 Å². The largest absolute Gasteiger partial charge is 0.415 e. The van der Waals surface area contributed by atoms with Gasteiger partial charge in [0.05, 0.1) is 45.1 Å². The van der Waals surface area contributed by atoms with Crippen LogP contribution < -0.4 is 5.32 Å². The van der Waals surface area contributed by atoms with Crippen LogP contribution in [0.5, 0.6) is 0 Å². The van der Waals surface area contributed by atoms with Gasteiger partial charge in [0.15, 0.2) is 8.32 Å². The van der Waals surface area contributed by atoms with Crippen molar-refractivity contribution in [2.24, 2.45) is 0 Å². The van der Waals surface area contributed by atoms with Crippen LogP contribution in [0.3, 0.4) is 0 Å². The third-order valence-corrected chi connectivity index (χ3v) is 12.5. The fraction of sp³-hybridized carbons (Fsp3) is 0.455. The van der Waals surface area contributed by atoms with E-state index in [-0.39, 0.29) is 29.3 Å². The van der Waals surface area contributed by atoms with E-state index in [1.807, 2.05) is 54.6 Å². The smallest absolute Gasteiger partial charge is 0.192 e. The van der Waals surface area contributed by atoms with Gasteiger partial charge in [-0.1, -0.05) is 112 Å². The van der Waals surface area contributed by atoms with Crippen LogP contribution in [0.25, 0.3) is 0 Å². The number of ether oxygens (including phenoxy) is 3. The first-order valence-electron chi connectivity index (χ1n) is 14.1. The molecule has 1 N–H and O–H groups in total. The minimum atomic E-state index is -1.94. The Hall–Kier alpha value is -2.32. The minimum Gasteiger partial charge on any atom is -0.415 e. The van der Waals surface area contributed by atoms with Crippen molar-refractivity contribution in [3.05, 3.63) is 108 Å². The summed E-state index contributed by atoms with van der Waals surface area (Å²) in [4.78, 5) is 0. The molecule has 0 amide bonds. The van der Waals surface area contributed by atoms with E-state index in [0.29, 0.717) is 33.0 Å². The number of nitrogens with one attached hydrogen (secondary N) is 1. The summed E-state index contributed by atoms with van der Waals surface area (Å²) >= 11 is 0. The fourth-order valence-corrected chi connectivity index (χ4v) is 5.59. The molecule has 0 unspecified atom stereocenters. The Bertz CT molecular complexity index is 1100. The lowest BCUT2D eigenvalue weighted by molar-refractivity contribution is -0.0883. The molecule has 39 heavy (non-hydrogen) atoms. The molecule has 1 saturated heterocycles. The highest BCUT2D eigenvalue weighted by molar-refractivity contribution is 6.74. The molecule has 6 heteroatoms. The zero-order valence-electron chi connectivity index (χ0n) is 24.1. The van der Waals surface area contributed by atoms with Crippen molar-refractivity contribution in [2.45, 2.75) is 83.0 Å². The highest BCUT2D eigenvalue weighted by Gasteiger charge is 2.46. The van der Waals surface area contributed by atoms with Crippen LogP contribution in [0.15, 0.2) is 91.0 Å². The fourth-order valence-electron chi connectivity index (χ4n) is 4.56. The van der Waals surface area contributed by atoms with Gasteiger partial charge in [0.25, 0.3) is 0 Å². The van der Waals surface area contributed by atoms with E-state index in [1.54, 1.807) is 0 Å². The Balaban J connectivity index is 1.51. The van der Waals surface area contributed by atoms with E-state index in [4.69, 9.17) is 18.6 Å². The molecular weight excluding hydrogens is 502 g/mol. The van der Waals surface area contributed by atoms with Gasteiger partial charge < -0.3 is 24.0 Å². The van der Waals surface area contributed by atoms with Gasteiger partial charge >= 0.3 is 0 Å². The maximum absolute atomic E-state index is 6.69. The average molecular weight is 548 g/mol. The van der Waals surface area contributed by atoms with E-state index in [2.05, 4.69) is 75.6 Å². The molecule has 210 valence electrons. The summed E-state index contributed by atoms with van der Waals surface area (Å²) < 4.78 is 26.2. The Morgan fingerprint density at radius 3 is 1.46 bits per heavy atom. The second kappa shape index (κ2) is 13.8. The summed E-state index contributed by atoms with van der Waals surface area (Å²) in [5.74, 6) is 0. The predicted molar refractivity (Wildman–Crippen MR) is 160 cm³/mol. The van der Waals surface area contributed by atoms with Gasteiger partial charge in [-0.3, -0.25) is 0 Å². The monoisotopic (exact) mass is 547 g/mol. The molecule has 0 saturated carbocycles. The Morgan fingerprint density at radius 2 is 1.03 bits per heavy atom. The van der Waals surface area contributed by atoms with E-state index in [9.17, 15) is 0 Å². The van der Waals surface area contributed by atoms with E-state index < -0.39 is 8.32 Å². The zero-order chi connectivity index (χ0) is 27.7. The molecule has 4 rings (SSSR count). The standard InChI is InChI=1S/C33H45NO4Si/c1-33(2,3)39(4,5)38-25-30-32(37-23-28-19-13-8-14-20-28)31(36-22-27-17-11-7-12-18-27)29(34-30)24-35-21-26-15-9-6-10-16-26/h6-20,29-32,34H,21-25H2,1-5H3/t29-,30+,31+,32+/m0/s1. The van der Waals surface area contributed by atoms with Gasteiger partial charge in [-0.15, -0.1) is 0 Å². The Morgan fingerprint density at radius 1 is 0.615 bits per heavy atom. The van der Waals surface area contributed by atoms with Crippen molar-refractivity contribution in [3.8, 4) is 0 Å². The van der Waals surface area contributed by atoms with Crippen molar-refractivity contribution in [1.29, 1.82) is 0 Å². The molecular formula is C33H45NO4Si. The first-order chi connectivity index (χ1) is 18.7. The third kappa shape index (κ3) is 8.58. The Kier molecular flexibility index (Phi) is 10.5. The van der Waals surface area contributed by atoms with Crippen LogP contribution in [0.4, 0.5) is 0 Å². The minimum absolute atomic E-state index is 0.00561. The highest BCUT2D eigenvalue weighted by Crippen LogP contribution is 2.37. The van der Waals surface area contributed by atoms with E-state index in [0.717, 1.165) is 16.7 Å². The molecule has 4 atom stereocenters. The molecule has 3 aromatic carbocycles. The number of hydrogen-bond acceptors (Lipinski definition) is 5. The number of rotatable bonds is 13. The quantitative estimate of drug-likeness (QED) is 0.240. The average Bonchev–Trinajstić information content (AvgIpc) is 3.26. The van der Waals surface area contributed by atoms with Crippen molar-refractivity contribution in [2.75, 3.05) is 13.2 Å². The Labute approximate surface area is 236 Å². The molecule has 0 bridgehead atoms. The maximum atomic E-state index is 6.69. The normalized spacial score (nSPS) is 21.8. The van der Waals surface area contributed by atoms with Crippen LogP contribution >= 0.6 is 0 Å². The summed E-state index contributed by atoms with van der Waals surface area (Å²) in [6.45, 7) is 14.1. The second-order valence-electron chi connectivity index (χ2n) is 12.0. The van der Waals surface area contributed by atoms with Gasteiger partial charge in [0.1, 0.15) is 12.2 Å². The van der Waals surface area contributed by atoms with Crippen LogP contribution in [0.1, 0.15) is 37.5 Å². The van der Waals surface area contributed by atoms with Crippen molar-refractivity contribution >= 4 is 8.32 Å². The summed E-state index contributed by atoms with van der Waals surface area (Å²) in [5, 5.41) is 3.93. The second-order valence-corrected chi connectivity index (χ2v) is 16.8. The molecule has 1 fully saturated rings. The van der Waals surface area contributed by atoms with E-state index >= 15 is 0 Å². The van der Waals surface area contributed by atoms with Crippen molar-refractivity contribution < 1.29 is 18.6 Å². The zero-order valence-corrected chi connectivity index (χ0v) is 25.1. The van der Waals surface area contributed by atoms with Crippen LogP contribution in [-0.2, 0) is 38.5 Å². The first kappa shape index (κ1) is 29.7. The molecule has 0 radical (unpaired) electrons.